The van der Waals surface area contributed by atoms with Crippen LogP contribution in [-0.4, -0.2) is 31.4 Å². The van der Waals surface area contributed by atoms with Crippen LogP contribution in [0.25, 0.3) is 0 Å². The third-order valence-corrected chi connectivity index (χ3v) is 3.27. The van der Waals surface area contributed by atoms with Gasteiger partial charge in [-0.1, -0.05) is 0 Å². The third kappa shape index (κ3) is 2.70. The molecule has 0 amide bonds. The van der Waals surface area contributed by atoms with Gasteiger partial charge in [0.1, 0.15) is 6.61 Å². The van der Waals surface area contributed by atoms with Gasteiger partial charge in [-0.05, 0) is 15.9 Å². The van der Waals surface area contributed by atoms with Crippen LogP contribution in [0, 0.1) is 0 Å². The molecule has 1 aromatic heterocycles. The molecule has 0 radical (unpaired) electrons. The zero-order chi connectivity index (χ0) is 10.6. The van der Waals surface area contributed by atoms with Crippen molar-refractivity contribution in [3.63, 3.8) is 0 Å². The zero-order valence-corrected chi connectivity index (χ0v) is 9.85. The number of ether oxygens (including phenoxy) is 2. The van der Waals surface area contributed by atoms with Crippen molar-refractivity contribution >= 4 is 33.2 Å². The fraction of sp³-hybridized carbons (Fsp3) is 0.375. The molecule has 0 aliphatic carbocycles. The first-order valence-corrected chi connectivity index (χ1v) is 5.46. The lowest BCUT2D eigenvalue weighted by Gasteiger charge is -2.04. The average Bonchev–Trinajstić information content (AvgIpc) is 2.48. The molecule has 0 bridgehead atoms. The molecule has 1 rings (SSSR count). The van der Waals surface area contributed by atoms with Crippen molar-refractivity contribution in [3.8, 4) is 5.75 Å². The van der Waals surface area contributed by atoms with Crippen molar-refractivity contribution in [2.75, 3.05) is 20.3 Å². The number of aromatic carboxylic acids is 1. The van der Waals surface area contributed by atoms with E-state index in [2.05, 4.69) is 15.9 Å². The Balaban J connectivity index is 2.72. The minimum absolute atomic E-state index is 0.202. The first-order valence-electron chi connectivity index (χ1n) is 3.78. The molecule has 14 heavy (non-hydrogen) atoms. The van der Waals surface area contributed by atoms with E-state index < -0.39 is 5.97 Å². The van der Waals surface area contributed by atoms with Crippen LogP contribution >= 0.6 is 27.3 Å². The Bertz CT molecular complexity index is 323. The Kier molecular flexibility index (Phi) is 4.37. The summed E-state index contributed by atoms with van der Waals surface area (Å²) in [6, 6.07) is 0. The molecular weight excluding hydrogens is 272 g/mol. The minimum Gasteiger partial charge on any atom is -0.488 e. The molecule has 0 spiro atoms. The van der Waals surface area contributed by atoms with Crippen molar-refractivity contribution in [1.29, 1.82) is 0 Å². The molecule has 0 saturated heterocycles. The topological polar surface area (TPSA) is 55.8 Å². The molecule has 0 aliphatic heterocycles. The summed E-state index contributed by atoms with van der Waals surface area (Å²) in [4.78, 5) is 10.9. The molecule has 0 atom stereocenters. The fourth-order valence-corrected chi connectivity index (χ4v) is 2.26. The quantitative estimate of drug-likeness (QED) is 0.841. The van der Waals surface area contributed by atoms with Crippen LogP contribution in [0.4, 0.5) is 0 Å². The Morgan fingerprint density at radius 2 is 2.36 bits per heavy atom. The van der Waals surface area contributed by atoms with Crippen LogP contribution < -0.4 is 4.74 Å². The standard InChI is InChI=1S/C8H9BrO4S/c1-12-2-3-13-6-5(9)4-14-7(6)8(10)11/h4H,2-3H2,1H3,(H,10,11). The van der Waals surface area contributed by atoms with Gasteiger partial charge in [-0.3, -0.25) is 0 Å². The first-order chi connectivity index (χ1) is 6.66. The molecule has 1 heterocycles. The van der Waals surface area contributed by atoms with Crippen molar-refractivity contribution in [1.82, 2.24) is 0 Å². The van der Waals surface area contributed by atoms with Gasteiger partial charge in [0.25, 0.3) is 0 Å². The summed E-state index contributed by atoms with van der Waals surface area (Å²) < 4.78 is 10.7. The van der Waals surface area contributed by atoms with E-state index in [0.29, 0.717) is 23.4 Å². The van der Waals surface area contributed by atoms with Crippen LogP contribution in [-0.2, 0) is 4.74 Å². The lowest BCUT2D eigenvalue weighted by molar-refractivity contribution is 0.0695. The maximum absolute atomic E-state index is 10.7. The van der Waals surface area contributed by atoms with Gasteiger partial charge in [0, 0.05) is 12.5 Å². The Morgan fingerprint density at radius 1 is 1.64 bits per heavy atom. The van der Waals surface area contributed by atoms with E-state index in [-0.39, 0.29) is 4.88 Å². The largest absolute Gasteiger partial charge is 0.488 e. The molecule has 0 unspecified atom stereocenters. The summed E-state index contributed by atoms with van der Waals surface area (Å²) in [5, 5.41) is 10.5. The summed E-state index contributed by atoms with van der Waals surface area (Å²) in [7, 11) is 1.56. The van der Waals surface area contributed by atoms with Gasteiger partial charge >= 0.3 is 5.97 Å². The number of rotatable bonds is 5. The fourth-order valence-electron chi connectivity index (χ4n) is 0.835. The Hall–Kier alpha value is -0.590. The molecule has 0 fully saturated rings. The van der Waals surface area contributed by atoms with Crippen LogP contribution in [0.5, 0.6) is 5.75 Å². The Morgan fingerprint density at radius 3 is 2.93 bits per heavy atom. The SMILES string of the molecule is COCCOc1c(Br)csc1C(=O)O. The zero-order valence-electron chi connectivity index (χ0n) is 7.45. The van der Waals surface area contributed by atoms with E-state index >= 15 is 0 Å². The van der Waals surface area contributed by atoms with Crippen LogP contribution in [0.3, 0.4) is 0 Å². The van der Waals surface area contributed by atoms with Crippen molar-refractivity contribution < 1.29 is 19.4 Å². The lowest BCUT2D eigenvalue weighted by Crippen LogP contribution is -2.06. The maximum atomic E-state index is 10.7. The number of methoxy groups -OCH3 is 1. The normalized spacial score (nSPS) is 10.1. The second-order valence-electron chi connectivity index (χ2n) is 2.39. The molecule has 1 aromatic rings. The van der Waals surface area contributed by atoms with Crippen LogP contribution in [0.15, 0.2) is 9.85 Å². The number of carboxylic acid groups (broad SMARTS) is 1. The van der Waals surface area contributed by atoms with Gasteiger partial charge in [0.15, 0.2) is 10.6 Å². The summed E-state index contributed by atoms with van der Waals surface area (Å²) in [5.74, 6) is -0.604. The van der Waals surface area contributed by atoms with Crippen LogP contribution in [0.1, 0.15) is 9.67 Å². The molecule has 78 valence electrons. The highest BCUT2D eigenvalue weighted by atomic mass is 79.9. The van der Waals surface area contributed by atoms with Crippen molar-refractivity contribution in [3.05, 3.63) is 14.7 Å². The number of hydrogen-bond donors (Lipinski definition) is 1. The van der Waals surface area contributed by atoms with E-state index in [1.807, 2.05) is 0 Å². The van der Waals surface area contributed by atoms with E-state index in [1.54, 1.807) is 12.5 Å². The van der Waals surface area contributed by atoms with Gasteiger partial charge in [-0.2, -0.15) is 0 Å². The molecule has 1 N–H and O–H groups in total. The van der Waals surface area contributed by atoms with Crippen LogP contribution in [0.2, 0.25) is 0 Å². The number of carbonyl (C=O) groups is 1. The van der Waals surface area contributed by atoms with Gasteiger partial charge in [0.2, 0.25) is 0 Å². The lowest BCUT2D eigenvalue weighted by atomic mass is 10.4. The summed E-state index contributed by atoms with van der Waals surface area (Å²) in [5.41, 5.74) is 0. The highest BCUT2D eigenvalue weighted by Crippen LogP contribution is 2.34. The van der Waals surface area contributed by atoms with E-state index in [9.17, 15) is 4.79 Å². The van der Waals surface area contributed by atoms with E-state index in [4.69, 9.17) is 14.6 Å². The minimum atomic E-state index is -0.979. The van der Waals surface area contributed by atoms with Gasteiger partial charge < -0.3 is 14.6 Å². The molecule has 0 aliphatic rings. The summed E-state index contributed by atoms with van der Waals surface area (Å²) >= 11 is 4.35. The predicted octanol–water partition coefficient (Wildman–Crippen LogP) is 2.23. The van der Waals surface area contributed by atoms with Gasteiger partial charge in [-0.15, -0.1) is 11.3 Å². The number of carboxylic acids is 1. The molecule has 6 heteroatoms. The van der Waals surface area contributed by atoms with Crippen molar-refractivity contribution in [2.45, 2.75) is 0 Å². The number of thiophene rings is 1. The third-order valence-electron chi connectivity index (χ3n) is 1.43. The van der Waals surface area contributed by atoms with E-state index in [0.717, 1.165) is 11.3 Å². The summed E-state index contributed by atoms with van der Waals surface area (Å²) in [6.45, 7) is 0.771. The smallest absolute Gasteiger partial charge is 0.349 e. The molecular formula is C8H9BrO4S. The highest BCUT2D eigenvalue weighted by Gasteiger charge is 2.17. The number of halogens is 1. The average molecular weight is 281 g/mol. The summed E-state index contributed by atoms with van der Waals surface area (Å²) in [6.07, 6.45) is 0. The molecule has 4 nitrogen and oxygen atoms in total. The molecule has 0 saturated carbocycles. The predicted molar refractivity (Wildman–Crippen MR) is 56.3 cm³/mol. The van der Waals surface area contributed by atoms with Gasteiger partial charge in [0.05, 0.1) is 11.1 Å². The maximum Gasteiger partial charge on any atom is 0.349 e. The highest BCUT2D eigenvalue weighted by molar-refractivity contribution is 9.10. The van der Waals surface area contributed by atoms with E-state index in [1.165, 1.54) is 0 Å². The van der Waals surface area contributed by atoms with Gasteiger partial charge in [-0.25, -0.2) is 4.79 Å². The monoisotopic (exact) mass is 280 g/mol. The first kappa shape index (κ1) is 11.5. The second-order valence-corrected chi connectivity index (χ2v) is 4.12. The number of hydrogen-bond acceptors (Lipinski definition) is 4. The molecule has 0 aromatic carbocycles. The second kappa shape index (κ2) is 5.33. The Labute approximate surface area is 93.6 Å². The van der Waals surface area contributed by atoms with Crippen molar-refractivity contribution in [2.24, 2.45) is 0 Å².